The highest BCUT2D eigenvalue weighted by atomic mass is 16.6. The van der Waals surface area contributed by atoms with Crippen molar-refractivity contribution in [1.82, 2.24) is 10.4 Å². The number of hydrogen-bond acceptors (Lipinski definition) is 6. The van der Waals surface area contributed by atoms with Gasteiger partial charge in [-0.2, -0.15) is 4.99 Å². The van der Waals surface area contributed by atoms with Crippen molar-refractivity contribution in [1.29, 1.82) is 0 Å². The number of nitrogens with one attached hydrogen (secondary N) is 1. The number of aliphatic imine (C=N–C) groups is 1. The smallest absolute Gasteiger partial charge is 0.434 e. The Labute approximate surface area is 206 Å². The first-order chi connectivity index (χ1) is 16.6. The molecule has 188 valence electrons. The molecule has 1 N–H and O–H groups in total. The Kier molecular flexibility index (Phi) is 10.3. The molecule has 0 aliphatic heterocycles. The summed E-state index contributed by atoms with van der Waals surface area (Å²) in [7, 11) is 0. The minimum atomic E-state index is -0.910. The van der Waals surface area contributed by atoms with Crippen LogP contribution < -0.4 is 5.43 Å². The molecule has 0 spiro atoms. The van der Waals surface area contributed by atoms with Crippen molar-refractivity contribution < 1.29 is 28.6 Å². The van der Waals surface area contributed by atoms with Crippen LogP contribution >= 0.6 is 0 Å². The van der Waals surface area contributed by atoms with Crippen LogP contribution in [0.3, 0.4) is 0 Å². The lowest BCUT2D eigenvalue weighted by Gasteiger charge is -2.30. The summed E-state index contributed by atoms with van der Waals surface area (Å²) in [6, 6.07) is 15.6. The number of carbonyl (C=O) groups excluding carboxylic acids is 3. The predicted molar refractivity (Wildman–Crippen MR) is 132 cm³/mol. The molecule has 0 heterocycles. The molecule has 9 heteroatoms. The van der Waals surface area contributed by atoms with Crippen molar-refractivity contribution in [3.8, 4) is 0 Å². The molecule has 0 unspecified atom stereocenters. The zero-order chi connectivity index (χ0) is 26.0. The van der Waals surface area contributed by atoms with Gasteiger partial charge in [-0.05, 0) is 52.7 Å². The van der Waals surface area contributed by atoms with Crippen molar-refractivity contribution >= 4 is 24.0 Å². The minimum absolute atomic E-state index is 0.0384. The number of benzene rings is 2. The Bertz CT molecular complexity index is 1040. The van der Waals surface area contributed by atoms with Crippen molar-refractivity contribution in [2.75, 3.05) is 0 Å². The van der Waals surface area contributed by atoms with Crippen molar-refractivity contribution in [2.45, 2.75) is 66.4 Å². The number of carbonyl (C=O) groups is 3. The largest absolute Gasteiger partial charge is 0.446 e. The zero-order valence-electron chi connectivity index (χ0n) is 21.0. The van der Waals surface area contributed by atoms with Gasteiger partial charge >= 0.3 is 18.3 Å². The summed E-state index contributed by atoms with van der Waals surface area (Å²) in [4.78, 5) is 42.1. The number of hydrazine groups is 1. The first-order valence-electron chi connectivity index (χ1n) is 11.4. The third-order valence-corrected chi connectivity index (χ3v) is 4.60. The van der Waals surface area contributed by atoms with Gasteiger partial charge in [0.1, 0.15) is 6.61 Å². The highest BCUT2D eigenvalue weighted by Gasteiger charge is 2.30. The summed E-state index contributed by atoms with van der Waals surface area (Å²) < 4.78 is 15.8. The zero-order valence-corrected chi connectivity index (χ0v) is 21.0. The third-order valence-electron chi connectivity index (χ3n) is 4.60. The Morgan fingerprint density at radius 2 is 1.57 bits per heavy atom. The molecule has 0 aliphatic carbocycles. The number of ether oxygens (including phenoxy) is 3. The van der Waals surface area contributed by atoms with Gasteiger partial charge in [0.2, 0.25) is 0 Å². The SMILES string of the molecule is Cc1cccc(/C(=N\C(=O)OCc2ccccc2)[C@@H](C)N(NC(=O)OC(C)C)C(=O)OC(C)C)c1. The van der Waals surface area contributed by atoms with Gasteiger partial charge in [0.25, 0.3) is 0 Å². The average Bonchev–Trinajstić information content (AvgIpc) is 2.79. The maximum Gasteiger partial charge on any atom is 0.434 e. The van der Waals surface area contributed by atoms with E-state index in [1.807, 2.05) is 49.4 Å². The van der Waals surface area contributed by atoms with Crippen LogP contribution in [0.15, 0.2) is 59.6 Å². The summed E-state index contributed by atoms with van der Waals surface area (Å²) in [6.45, 7) is 10.3. The Hall–Kier alpha value is -3.88. The molecule has 35 heavy (non-hydrogen) atoms. The lowest BCUT2D eigenvalue weighted by Crippen LogP contribution is -2.55. The van der Waals surface area contributed by atoms with Crippen molar-refractivity contribution in [3.63, 3.8) is 0 Å². The monoisotopic (exact) mass is 483 g/mol. The van der Waals surface area contributed by atoms with E-state index in [9.17, 15) is 14.4 Å². The van der Waals surface area contributed by atoms with E-state index in [1.54, 1.807) is 46.8 Å². The molecule has 2 rings (SSSR count). The highest BCUT2D eigenvalue weighted by molar-refractivity contribution is 6.09. The van der Waals surface area contributed by atoms with Crippen LogP contribution in [0.1, 0.15) is 51.3 Å². The third kappa shape index (κ3) is 9.11. The van der Waals surface area contributed by atoms with E-state index in [4.69, 9.17) is 14.2 Å². The molecule has 2 aromatic rings. The number of amides is 3. The average molecular weight is 484 g/mol. The maximum atomic E-state index is 12.9. The quantitative estimate of drug-likeness (QED) is 0.321. The molecule has 0 saturated carbocycles. The van der Waals surface area contributed by atoms with Gasteiger partial charge in [-0.15, -0.1) is 0 Å². The molecule has 9 nitrogen and oxygen atoms in total. The first kappa shape index (κ1) is 27.4. The standard InChI is InChI=1S/C26H33N3O6/c1-17(2)34-25(31)28-29(26(32)35-18(3)4)20(6)23(22-14-10-11-19(5)15-22)27-24(30)33-16-21-12-8-7-9-13-21/h7-15,17-18,20H,16H2,1-6H3,(H,28,31)/b27-23-/t20-/m1/s1. The molecule has 0 bridgehead atoms. The Balaban J connectivity index is 2.39. The normalized spacial score (nSPS) is 12.2. The van der Waals surface area contributed by atoms with Crippen LogP contribution in [0.25, 0.3) is 0 Å². The fourth-order valence-electron chi connectivity index (χ4n) is 3.07. The van der Waals surface area contributed by atoms with Crippen LogP contribution in [0.2, 0.25) is 0 Å². The van der Waals surface area contributed by atoms with Gasteiger partial charge in [0.05, 0.1) is 24.0 Å². The molecule has 1 atom stereocenters. The van der Waals surface area contributed by atoms with Crippen LogP contribution in [-0.4, -0.2) is 47.3 Å². The second kappa shape index (κ2) is 13.1. The fourth-order valence-corrected chi connectivity index (χ4v) is 3.07. The van der Waals surface area contributed by atoms with Gasteiger partial charge in [0.15, 0.2) is 0 Å². The van der Waals surface area contributed by atoms with E-state index in [2.05, 4.69) is 10.4 Å². The van der Waals surface area contributed by atoms with Gasteiger partial charge in [-0.1, -0.05) is 60.2 Å². The molecule has 0 aliphatic rings. The summed E-state index contributed by atoms with van der Waals surface area (Å²) in [6.07, 6.45) is -3.37. The molecule has 2 aromatic carbocycles. The van der Waals surface area contributed by atoms with Crippen LogP contribution in [0.5, 0.6) is 0 Å². The van der Waals surface area contributed by atoms with E-state index in [1.165, 1.54) is 0 Å². The van der Waals surface area contributed by atoms with E-state index in [0.29, 0.717) is 5.56 Å². The molecule has 0 fully saturated rings. The molecular weight excluding hydrogens is 450 g/mol. The van der Waals surface area contributed by atoms with Crippen LogP contribution in [0.4, 0.5) is 14.4 Å². The van der Waals surface area contributed by atoms with Gasteiger partial charge < -0.3 is 14.2 Å². The Morgan fingerprint density at radius 1 is 0.914 bits per heavy atom. The van der Waals surface area contributed by atoms with Crippen molar-refractivity contribution in [3.05, 3.63) is 71.3 Å². The maximum absolute atomic E-state index is 12.9. The summed E-state index contributed by atoms with van der Waals surface area (Å²) >= 11 is 0. The molecule has 0 saturated heterocycles. The molecule has 0 radical (unpaired) electrons. The molecule has 3 amide bonds. The lowest BCUT2D eigenvalue weighted by molar-refractivity contribution is 0.0426. The number of rotatable bonds is 7. The predicted octanol–water partition coefficient (Wildman–Crippen LogP) is 5.41. The molecule has 0 aromatic heterocycles. The number of aryl methyl sites for hydroxylation is 1. The lowest BCUT2D eigenvalue weighted by atomic mass is 10.0. The number of nitrogens with zero attached hydrogens (tertiary/aromatic N) is 2. The van der Waals surface area contributed by atoms with Gasteiger partial charge in [-0.25, -0.2) is 24.8 Å². The second-order valence-corrected chi connectivity index (χ2v) is 8.45. The first-order valence-corrected chi connectivity index (χ1v) is 11.4. The number of hydrogen-bond donors (Lipinski definition) is 1. The topological polar surface area (TPSA) is 107 Å². The van der Waals surface area contributed by atoms with Crippen LogP contribution in [0, 0.1) is 6.92 Å². The Morgan fingerprint density at radius 3 is 2.17 bits per heavy atom. The van der Waals surface area contributed by atoms with E-state index in [0.717, 1.165) is 16.1 Å². The van der Waals surface area contributed by atoms with Gasteiger partial charge in [0, 0.05) is 0 Å². The van der Waals surface area contributed by atoms with Crippen molar-refractivity contribution in [2.24, 2.45) is 4.99 Å². The van der Waals surface area contributed by atoms with E-state index < -0.39 is 36.5 Å². The summed E-state index contributed by atoms with van der Waals surface area (Å²) in [5.74, 6) is 0. The minimum Gasteiger partial charge on any atom is -0.446 e. The van der Waals surface area contributed by atoms with Gasteiger partial charge in [-0.3, -0.25) is 0 Å². The van der Waals surface area contributed by atoms with E-state index in [-0.39, 0.29) is 12.3 Å². The van der Waals surface area contributed by atoms with Crippen LogP contribution in [-0.2, 0) is 20.8 Å². The second-order valence-electron chi connectivity index (χ2n) is 8.45. The summed E-state index contributed by atoms with van der Waals surface area (Å²) in [5, 5.41) is 0.955. The fraction of sp³-hybridized carbons (Fsp3) is 0.385. The van der Waals surface area contributed by atoms with E-state index >= 15 is 0 Å². The molecular formula is C26H33N3O6. The summed E-state index contributed by atoms with van der Waals surface area (Å²) in [5.41, 5.74) is 4.93. The highest BCUT2D eigenvalue weighted by Crippen LogP contribution is 2.15.